The first-order chi connectivity index (χ1) is 10.9. The van der Waals surface area contributed by atoms with Gasteiger partial charge in [0, 0.05) is 27.6 Å². The molecule has 0 saturated carbocycles. The molecule has 0 amide bonds. The van der Waals surface area contributed by atoms with Gasteiger partial charge >= 0.3 is 0 Å². The number of nitrogens with one attached hydrogen (secondary N) is 2. The molecule has 2 aromatic carbocycles. The highest BCUT2D eigenvalue weighted by atomic mass is 35.5. The molecule has 0 heterocycles. The van der Waals surface area contributed by atoms with Gasteiger partial charge in [-0.25, -0.2) is 5.53 Å². The van der Waals surface area contributed by atoms with E-state index in [1.54, 1.807) is 24.3 Å². The molecule has 0 aliphatic heterocycles. The van der Waals surface area contributed by atoms with E-state index in [0.717, 1.165) is 11.8 Å². The molecule has 23 heavy (non-hydrogen) atoms. The molecule has 0 aliphatic carbocycles. The second-order valence-corrected chi connectivity index (χ2v) is 6.71. The van der Waals surface area contributed by atoms with Gasteiger partial charge in [-0.15, -0.1) is 0 Å². The van der Waals surface area contributed by atoms with Crippen molar-refractivity contribution in [1.82, 2.24) is 0 Å². The molecule has 0 spiro atoms. The lowest BCUT2D eigenvalue weighted by Crippen LogP contribution is -2.28. The van der Waals surface area contributed by atoms with Crippen molar-refractivity contribution in [2.24, 2.45) is 5.11 Å². The maximum Gasteiger partial charge on any atom is 0.150 e. The molecule has 2 N–H and O–H groups in total. The van der Waals surface area contributed by atoms with E-state index in [2.05, 4.69) is 24.3 Å². The molecular weight excluding hydrogens is 333 g/mol. The van der Waals surface area contributed by atoms with Gasteiger partial charge in [0.2, 0.25) is 0 Å². The first kappa shape index (κ1) is 17.4. The van der Waals surface area contributed by atoms with Crippen LogP contribution >= 0.6 is 23.2 Å². The van der Waals surface area contributed by atoms with Crippen molar-refractivity contribution in [3.8, 4) is 0 Å². The summed E-state index contributed by atoms with van der Waals surface area (Å²) in [5.41, 5.74) is 9.57. The Hall–Kier alpha value is -1.91. The summed E-state index contributed by atoms with van der Waals surface area (Å²) in [7, 11) is 0. The average Bonchev–Trinajstić information content (AvgIpc) is 2.52. The standard InChI is InChI=1S/C17H17Cl2N3O/c1-17(2,13-5-4-12(18)8-14(13)19)10-21-15-6-3-11(9-23)7-16(15)22-20/h3-9,20-21H,10H2,1-2H3. The minimum absolute atomic E-state index is 0.260. The van der Waals surface area contributed by atoms with Gasteiger partial charge in [-0.3, -0.25) is 4.79 Å². The van der Waals surface area contributed by atoms with Crippen LogP contribution in [-0.2, 0) is 5.41 Å². The Balaban J connectivity index is 2.22. The predicted molar refractivity (Wildman–Crippen MR) is 94.6 cm³/mol. The Labute approximate surface area is 145 Å². The summed E-state index contributed by atoms with van der Waals surface area (Å²) in [6.07, 6.45) is 0.732. The molecule has 2 aromatic rings. The number of aldehydes is 1. The molecule has 0 radical (unpaired) electrons. The van der Waals surface area contributed by atoms with Gasteiger partial charge in [0.25, 0.3) is 0 Å². The van der Waals surface area contributed by atoms with Crippen LogP contribution in [0.25, 0.3) is 0 Å². The van der Waals surface area contributed by atoms with Gasteiger partial charge in [0.05, 0.1) is 5.69 Å². The number of carbonyl (C=O) groups excluding carboxylic acids is 1. The maximum absolute atomic E-state index is 10.8. The molecule has 120 valence electrons. The Kier molecular flexibility index (Phi) is 5.39. The van der Waals surface area contributed by atoms with Crippen LogP contribution in [-0.4, -0.2) is 12.8 Å². The van der Waals surface area contributed by atoms with Crippen LogP contribution in [0.3, 0.4) is 0 Å². The fraction of sp³-hybridized carbons (Fsp3) is 0.235. The normalized spacial score (nSPS) is 11.1. The zero-order valence-corrected chi connectivity index (χ0v) is 14.4. The van der Waals surface area contributed by atoms with Crippen molar-refractivity contribution in [3.63, 3.8) is 0 Å². The third-order valence-electron chi connectivity index (χ3n) is 3.66. The van der Waals surface area contributed by atoms with Crippen LogP contribution in [0.4, 0.5) is 11.4 Å². The molecule has 0 saturated heterocycles. The summed E-state index contributed by atoms with van der Waals surface area (Å²) in [6, 6.07) is 10.5. The second-order valence-electron chi connectivity index (χ2n) is 5.87. The van der Waals surface area contributed by atoms with Crippen LogP contribution in [0, 0.1) is 5.53 Å². The van der Waals surface area contributed by atoms with Crippen LogP contribution in [0.5, 0.6) is 0 Å². The highest BCUT2D eigenvalue weighted by molar-refractivity contribution is 6.35. The third kappa shape index (κ3) is 4.09. The Morgan fingerprint density at radius 3 is 2.57 bits per heavy atom. The molecule has 0 aromatic heterocycles. The Morgan fingerprint density at radius 2 is 1.96 bits per heavy atom. The molecule has 4 nitrogen and oxygen atoms in total. The number of rotatable bonds is 6. The summed E-state index contributed by atoms with van der Waals surface area (Å²) < 4.78 is 0. The van der Waals surface area contributed by atoms with Crippen LogP contribution in [0.15, 0.2) is 41.5 Å². The first-order valence-corrected chi connectivity index (χ1v) is 7.79. The van der Waals surface area contributed by atoms with E-state index < -0.39 is 0 Å². The van der Waals surface area contributed by atoms with Gasteiger partial charge < -0.3 is 5.32 Å². The Bertz CT molecular complexity index is 745. The topological polar surface area (TPSA) is 65.3 Å². The minimum Gasteiger partial charge on any atom is -0.382 e. The monoisotopic (exact) mass is 349 g/mol. The lowest BCUT2D eigenvalue weighted by molar-refractivity contribution is 0.112. The molecule has 0 bridgehead atoms. The van der Waals surface area contributed by atoms with Gasteiger partial charge in [-0.1, -0.05) is 43.1 Å². The smallest absolute Gasteiger partial charge is 0.150 e. The van der Waals surface area contributed by atoms with Gasteiger partial charge in [0.1, 0.15) is 12.0 Å². The van der Waals surface area contributed by atoms with Crippen molar-refractivity contribution in [3.05, 3.63) is 57.6 Å². The van der Waals surface area contributed by atoms with Crippen molar-refractivity contribution >= 4 is 40.9 Å². The van der Waals surface area contributed by atoms with E-state index in [9.17, 15) is 4.79 Å². The van der Waals surface area contributed by atoms with E-state index in [1.807, 2.05) is 12.1 Å². The fourth-order valence-corrected chi connectivity index (χ4v) is 2.98. The molecule has 0 atom stereocenters. The SMILES string of the molecule is CC(C)(CNc1ccc(C=O)cc1N=N)c1ccc(Cl)cc1Cl. The first-order valence-electron chi connectivity index (χ1n) is 7.03. The summed E-state index contributed by atoms with van der Waals surface area (Å²) in [5.74, 6) is 0. The number of nitrogens with zero attached hydrogens (tertiary/aromatic N) is 1. The van der Waals surface area contributed by atoms with Crippen LogP contribution in [0.1, 0.15) is 29.8 Å². The maximum atomic E-state index is 10.8. The number of carbonyl (C=O) groups is 1. The van der Waals surface area contributed by atoms with Crippen molar-refractivity contribution in [1.29, 1.82) is 5.53 Å². The van der Waals surface area contributed by atoms with Crippen molar-refractivity contribution in [2.45, 2.75) is 19.3 Å². The largest absolute Gasteiger partial charge is 0.382 e. The number of benzene rings is 2. The average molecular weight is 350 g/mol. The number of hydrogen-bond donors (Lipinski definition) is 2. The number of anilines is 1. The van der Waals surface area contributed by atoms with E-state index in [0.29, 0.717) is 33.5 Å². The summed E-state index contributed by atoms with van der Waals surface area (Å²) in [5, 5.41) is 7.96. The quantitative estimate of drug-likeness (QED) is 0.506. The molecule has 0 unspecified atom stereocenters. The fourth-order valence-electron chi connectivity index (χ4n) is 2.31. The zero-order chi connectivity index (χ0) is 17.0. The number of halogens is 2. The van der Waals surface area contributed by atoms with E-state index in [4.69, 9.17) is 28.7 Å². The molecule has 2 rings (SSSR count). The van der Waals surface area contributed by atoms with E-state index in [-0.39, 0.29) is 5.41 Å². The summed E-state index contributed by atoms with van der Waals surface area (Å²) in [6.45, 7) is 4.70. The molecule has 0 fully saturated rings. The highest BCUT2D eigenvalue weighted by Gasteiger charge is 2.23. The summed E-state index contributed by atoms with van der Waals surface area (Å²) >= 11 is 12.2. The van der Waals surface area contributed by atoms with Gasteiger partial charge in [-0.2, -0.15) is 5.11 Å². The number of hydrogen-bond acceptors (Lipinski definition) is 4. The zero-order valence-electron chi connectivity index (χ0n) is 12.9. The highest BCUT2D eigenvalue weighted by Crippen LogP contribution is 2.33. The Morgan fingerprint density at radius 1 is 1.22 bits per heavy atom. The lowest BCUT2D eigenvalue weighted by Gasteiger charge is -2.27. The molecule has 0 aliphatic rings. The van der Waals surface area contributed by atoms with Gasteiger partial charge in [-0.05, 0) is 35.9 Å². The van der Waals surface area contributed by atoms with Crippen molar-refractivity contribution < 1.29 is 4.79 Å². The molecular formula is C17H17Cl2N3O. The van der Waals surface area contributed by atoms with E-state index in [1.165, 1.54) is 0 Å². The molecule has 6 heteroatoms. The van der Waals surface area contributed by atoms with Crippen LogP contribution in [0.2, 0.25) is 10.0 Å². The second kappa shape index (κ2) is 7.11. The van der Waals surface area contributed by atoms with Crippen molar-refractivity contribution in [2.75, 3.05) is 11.9 Å². The lowest BCUT2D eigenvalue weighted by atomic mass is 9.84. The predicted octanol–water partition coefficient (Wildman–Crippen LogP) is 5.86. The minimum atomic E-state index is -0.260. The van der Waals surface area contributed by atoms with Gasteiger partial charge in [0.15, 0.2) is 0 Å². The third-order valence-corrected chi connectivity index (χ3v) is 4.21. The van der Waals surface area contributed by atoms with Crippen LogP contribution < -0.4 is 5.32 Å². The summed E-state index contributed by atoms with van der Waals surface area (Å²) in [4.78, 5) is 10.8. The van der Waals surface area contributed by atoms with E-state index >= 15 is 0 Å².